The third-order valence-electron chi connectivity index (χ3n) is 3.36. The molecule has 18 heavy (non-hydrogen) atoms. The summed E-state index contributed by atoms with van der Waals surface area (Å²) in [6, 6.07) is 9.33. The minimum atomic E-state index is -0.757. The maximum absolute atomic E-state index is 9.70. The zero-order valence-electron chi connectivity index (χ0n) is 10.2. The van der Waals surface area contributed by atoms with E-state index in [2.05, 4.69) is 10.6 Å². The largest absolute Gasteiger partial charge is 0.394 e. The molecule has 0 aromatic heterocycles. The van der Waals surface area contributed by atoms with Crippen LogP contribution >= 0.6 is 0 Å². The lowest BCUT2D eigenvalue weighted by Gasteiger charge is -2.21. The molecule has 0 unspecified atom stereocenters. The van der Waals surface area contributed by atoms with Crippen LogP contribution in [0.1, 0.15) is 11.6 Å². The molecule has 1 aromatic carbocycles. The van der Waals surface area contributed by atoms with Crippen LogP contribution in [0.25, 0.3) is 0 Å². The average molecular weight is 252 g/mol. The predicted molar refractivity (Wildman–Crippen MR) is 68.1 cm³/mol. The molecule has 1 heterocycles. The second kappa shape index (κ2) is 6.26. The summed E-state index contributed by atoms with van der Waals surface area (Å²) in [5.74, 6) is 0. The van der Waals surface area contributed by atoms with Gasteiger partial charge in [0.15, 0.2) is 0 Å². The van der Waals surface area contributed by atoms with Crippen molar-refractivity contribution >= 4 is 0 Å². The minimum Gasteiger partial charge on any atom is -0.394 e. The summed E-state index contributed by atoms with van der Waals surface area (Å²) in [6.07, 6.45) is -1.46. The van der Waals surface area contributed by atoms with Crippen LogP contribution in [0.3, 0.4) is 0 Å². The van der Waals surface area contributed by atoms with E-state index in [9.17, 15) is 15.3 Å². The van der Waals surface area contributed by atoms with Crippen LogP contribution < -0.4 is 10.6 Å². The Labute approximate surface area is 106 Å². The van der Waals surface area contributed by atoms with Gasteiger partial charge in [-0.2, -0.15) is 0 Å². The molecule has 4 atom stereocenters. The SMILES string of the molecule is OC[C@@H](NC[C@H]1NC[C@H](O)[C@@H]1O)c1ccccc1. The Bertz CT molecular complexity index is 361. The van der Waals surface area contributed by atoms with Crippen molar-refractivity contribution < 1.29 is 15.3 Å². The highest BCUT2D eigenvalue weighted by molar-refractivity contribution is 5.19. The maximum atomic E-state index is 9.70. The van der Waals surface area contributed by atoms with Crippen molar-refractivity contribution in [3.05, 3.63) is 35.9 Å². The molecule has 1 saturated heterocycles. The van der Waals surface area contributed by atoms with Crippen molar-refractivity contribution in [2.24, 2.45) is 0 Å². The molecule has 2 rings (SSSR count). The molecule has 5 N–H and O–H groups in total. The third kappa shape index (κ3) is 3.07. The number of β-amino-alcohol motifs (C(OH)–C–C–N with tert-alkyl or cyclic N) is 1. The Morgan fingerprint density at radius 1 is 1.28 bits per heavy atom. The molecule has 1 fully saturated rings. The van der Waals surface area contributed by atoms with E-state index in [4.69, 9.17) is 0 Å². The fourth-order valence-corrected chi connectivity index (χ4v) is 2.22. The van der Waals surface area contributed by atoms with Crippen LogP contribution in [-0.4, -0.2) is 53.3 Å². The summed E-state index contributed by atoms with van der Waals surface area (Å²) in [5, 5.41) is 34.7. The Hall–Kier alpha value is -0.980. The van der Waals surface area contributed by atoms with Gasteiger partial charge in [0, 0.05) is 19.1 Å². The minimum absolute atomic E-state index is 0.00458. The highest BCUT2D eigenvalue weighted by Crippen LogP contribution is 2.13. The summed E-state index contributed by atoms with van der Waals surface area (Å²) in [4.78, 5) is 0. The smallest absolute Gasteiger partial charge is 0.0976 e. The summed E-state index contributed by atoms with van der Waals surface area (Å²) in [5.41, 5.74) is 1.01. The van der Waals surface area contributed by atoms with Crippen molar-refractivity contribution in [3.63, 3.8) is 0 Å². The van der Waals surface area contributed by atoms with Gasteiger partial charge in [0.05, 0.1) is 24.9 Å². The summed E-state index contributed by atoms with van der Waals surface area (Å²) < 4.78 is 0. The van der Waals surface area contributed by atoms with Crippen LogP contribution in [0.2, 0.25) is 0 Å². The first-order chi connectivity index (χ1) is 8.72. The predicted octanol–water partition coefficient (Wildman–Crippen LogP) is -0.997. The van der Waals surface area contributed by atoms with Gasteiger partial charge in [0.2, 0.25) is 0 Å². The highest BCUT2D eigenvalue weighted by atomic mass is 16.3. The van der Waals surface area contributed by atoms with Crippen LogP contribution in [0.4, 0.5) is 0 Å². The fraction of sp³-hybridized carbons (Fsp3) is 0.538. The van der Waals surface area contributed by atoms with Gasteiger partial charge in [-0.05, 0) is 5.56 Å². The Morgan fingerprint density at radius 2 is 2.00 bits per heavy atom. The lowest BCUT2D eigenvalue weighted by molar-refractivity contribution is 0.0399. The molecule has 1 aliphatic heterocycles. The van der Waals surface area contributed by atoms with E-state index in [0.717, 1.165) is 5.56 Å². The first kappa shape index (κ1) is 13.5. The second-order valence-corrected chi connectivity index (χ2v) is 4.63. The van der Waals surface area contributed by atoms with Gasteiger partial charge in [-0.25, -0.2) is 0 Å². The second-order valence-electron chi connectivity index (χ2n) is 4.63. The quantitative estimate of drug-likeness (QED) is 0.464. The Morgan fingerprint density at radius 3 is 2.56 bits per heavy atom. The first-order valence-corrected chi connectivity index (χ1v) is 6.21. The lowest BCUT2D eigenvalue weighted by atomic mass is 10.1. The molecule has 1 aliphatic rings. The number of aliphatic hydroxyl groups excluding tert-OH is 3. The monoisotopic (exact) mass is 252 g/mol. The third-order valence-corrected chi connectivity index (χ3v) is 3.36. The summed E-state index contributed by atoms with van der Waals surface area (Å²) in [7, 11) is 0. The zero-order valence-corrected chi connectivity index (χ0v) is 10.2. The molecule has 100 valence electrons. The number of rotatable bonds is 5. The molecule has 0 spiro atoms. The number of hydrogen-bond donors (Lipinski definition) is 5. The van der Waals surface area contributed by atoms with Gasteiger partial charge < -0.3 is 26.0 Å². The Kier molecular flexibility index (Phi) is 4.68. The summed E-state index contributed by atoms with van der Waals surface area (Å²) in [6.45, 7) is 0.899. The molecule has 0 radical (unpaired) electrons. The number of nitrogens with one attached hydrogen (secondary N) is 2. The van der Waals surface area contributed by atoms with Crippen molar-refractivity contribution in [3.8, 4) is 0 Å². The van der Waals surface area contributed by atoms with Gasteiger partial charge in [-0.15, -0.1) is 0 Å². The first-order valence-electron chi connectivity index (χ1n) is 6.21. The number of benzene rings is 1. The molecule has 0 aliphatic carbocycles. The van der Waals surface area contributed by atoms with E-state index in [1.165, 1.54) is 0 Å². The van der Waals surface area contributed by atoms with Crippen LogP contribution in [0, 0.1) is 0 Å². The summed E-state index contributed by atoms with van der Waals surface area (Å²) >= 11 is 0. The zero-order chi connectivity index (χ0) is 13.0. The molecule has 5 heteroatoms. The van der Waals surface area contributed by atoms with Crippen LogP contribution in [0.15, 0.2) is 30.3 Å². The molecule has 0 saturated carbocycles. The topological polar surface area (TPSA) is 84.8 Å². The molecule has 0 bridgehead atoms. The van der Waals surface area contributed by atoms with Crippen LogP contribution in [0.5, 0.6) is 0 Å². The molecular formula is C13H20N2O3. The number of aliphatic hydroxyl groups is 3. The molecule has 1 aromatic rings. The van der Waals surface area contributed by atoms with Crippen molar-refractivity contribution in [2.45, 2.75) is 24.3 Å². The molecule has 0 amide bonds. The van der Waals surface area contributed by atoms with Gasteiger partial charge in [-0.1, -0.05) is 30.3 Å². The lowest BCUT2D eigenvalue weighted by Crippen LogP contribution is -2.43. The molecule has 5 nitrogen and oxygen atoms in total. The fourth-order valence-electron chi connectivity index (χ4n) is 2.22. The van der Waals surface area contributed by atoms with Gasteiger partial charge in [-0.3, -0.25) is 0 Å². The van der Waals surface area contributed by atoms with Crippen molar-refractivity contribution in [1.29, 1.82) is 0 Å². The average Bonchev–Trinajstić information content (AvgIpc) is 2.72. The van der Waals surface area contributed by atoms with Crippen molar-refractivity contribution in [2.75, 3.05) is 19.7 Å². The standard InChI is InChI=1S/C13H20N2O3/c16-8-11(9-4-2-1-3-5-9)14-6-10-13(18)12(17)7-15-10/h1-5,10-18H,6-8H2/t10-,11-,12+,13-/m1/s1. The number of hydrogen-bond acceptors (Lipinski definition) is 5. The van der Waals surface area contributed by atoms with Crippen molar-refractivity contribution in [1.82, 2.24) is 10.6 Å². The van der Waals surface area contributed by atoms with E-state index in [-0.39, 0.29) is 18.7 Å². The van der Waals surface area contributed by atoms with E-state index in [1.54, 1.807) is 0 Å². The van der Waals surface area contributed by atoms with E-state index < -0.39 is 12.2 Å². The van der Waals surface area contributed by atoms with Crippen LogP contribution in [-0.2, 0) is 0 Å². The van der Waals surface area contributed by atoms with E-state index in [1.807, 2.05) is 30.3 Å². The Balaban J connectivity index is 1.88. The highest BCUT2D eigenvalue weighted by Gasteiger charge is 2.32. The van der Waals surface area contributed by atoms with Gasteiger partial charge in [0.1, 0.15) is 0 Å². The molecular weight excluding hydrogens is 232 g/mol. The van der Waals surface area contributed by atoms with E-state index >= 15 is 0 Å². The normalized spacial score (nSPS) is 29.4. The maximum Gasteiger partial charge on any atom is 0.0976 e. The van der Waals surface area contributed by atoms with E-state index in [0.29, 0.717) is 13.1 Å². The van der Waals surface area contributed by atoms with Gasteiger partial charge >= 0.3 is 0 Å². The van der Waals surface area contributed by atoms with Gasteiger partial charge in [0.25, 0.3) is 0 Å².